The van der Waals surface area contributed by atoms with Gasteiger partial charge in [0.2, 0.25) is 11.8 Å². The largest absolute Gasteiger partial charge is 0.426 e. The number of esters is 1. The highest BCUT2D eigenvalue weighted by Crippen LogP contribution is 2.33. The molecule has 2 N–H and O–H groups in total. The van der Waals surface area contributed by atoms with E-state index < -0.39 is 43.9 Å². The number of para-hydroxylation sites is 1. The summed E-state index contributed by atoms with van der Waals surface area (Å²) in [5.74, 6) is -1.77. The molecule has 0 aliphatic carbocycles. The van der Waals surface area contributed by atoms with Crippen LogP contribution in [0, 0.1) is 0 Å². The predicted molar refractivity (Wildman–Crippen MR) is 115 cm³/mol. The van der Waals surface area contributed by atoms with Crippen LogP contribution in [0.25, 0.3) is 11.5 Å². The molecule has 1 aromatic carbocycles. The molecule has 0 spiro atoms. The summed E-state index contributed by atoms with van der Waals surface area (Å²) in [6, 6.07) is 6.28. The van der Waals surface area contributed by atoms with Crippen LogP contribution < -0.4 is 15.4 Å². The number of carbonyl (C=O) groups is 6. The third-order valence-electron chi connectivity index (χ3n) is 4.19. The van der Waals surface area contributed by atoms with Crippen LogP contribution in [0.5, 0.6) is 5.75 Å². The molecule has 2 saturated heterocycles. The van der Waals surface area contributed by atoms with Gasteiger partial charge in [0.15, 0.2) is 5.12 Å². The van der Waals surface area contributed by atoms with Crippen molar-refractivity contribution < 1.29 is 37.9 Å². The summed E-state index contributed by atoms with van der Waals surface area (Å²) < 4.78 is 10.8. The van der Waals surface area contributed by atoms with Crippen molar-refractivity contribution in [1.82, 2.24) is 20.8 Å². The van der Waals surface area contributed by atoms with Crippen molar-refractivity contribution in [1.29, 1.82) is 0 Å². The van der Waals surface area contributed by atoms with Crippen molar-refractivity contribution in [3.63, 3.8) is 0 Å². The zero-order valence-corrected chi connectivity index (χ0v) is 18.7. The van der Waals surface area contributed by atoms with Crippen LogP contribution in [0.1, 0.15) is 12.8 Å². The van der Waals surface area contributed by atoms with Crippen LogP contribution in [-0.4, -0.2) is 54.1 Å². The van der Waals surface area contributed by atoms with Gasteiger partial charge in [-0.05, 0) is 12.1 Å². The second kappa shape index (κ2) is 9.76. The van der Waals surface area contributed by atoms with Crippen LogP contribution >= 0.6 is 35.3 Å². The summed E-state index contributed by atoms with van der Waals surface area (Å²) >= 11 is 2.07. The molecule has 0 radical (unpaired) electrons. The Balaban J connectivity index is 1.40. The Hall–Kier alpha value is -3.17. The maximum atomic E-state index is 12.3. The second-order valence-electron chi connectivity index (χ2n) is 6.49. The van der Waals surface area contributed by atoms with Crippen molar-refractivity contribution in [3.8, 4) is 17.2 Å². The number of carbonyl (C=O) groups excluding carboxylic acids is 6. The smallest absolute Gasteiger partial charge is 0.312 e. The van der Waals surface area contributed by atoms with Gasteiger partial charge in [0, 0.05) is 18.2 Å². The van der Waals surface area contributed by atoms with Crippen LogP contribution in [0.4, 0.5) is 9.59 Å². The minimum atomic E-state index is -0.870. The molecule has 4 rings (SSSR count). The Morgan fingerprint density at radius 2 is 1.61 bits per heavy atom. The molecular formula is C18H12N4O8S3. The molecule has 0 unspecified atom stereocenters. The van der Waals surface area contributed by atoms with Crippen molar-refractivity contribution >= 4 is 68.7 Å². The monoisotopic (exact) mass is 508 g/mol. The molecule has 4 amide bonds. The number of benzene rings is 1. The van der Waals surface area contributed by atoms with E-state index in [1.165, 1.54) is 6.07 Å². The molecule has 2 aliphatic heterocycles. The SMILES string of the molecule is O=C(C[C@@H]1SC(=O)NC1=O)Oc1ccccc1-c1nnc(SC(=O)C[C@H]2SC(=O)NC2=O)o1. The first-order chi connectivity index (χ1) is 15.8. The van der Waals surface area contributed by atoms with Gasteiger partial charge >= 0.3 is 5.97 Å². The Kier molecular flexibility index (Phi) is 6.80. The zero-order chi connectivity index (χ0) is 23.5. The molecule has 3 heterocycles. The molecule has 15 heteroatoms. The molecule has 0 saturated carbocycles. The van der Waals surface area contributed by atoms with Gasteiger partial charge in [-0.2, -0.15) is 0 Å². The van der Waals surface area contributed by atoms with Crippen molar-refractivity contribution in [2.75, 3.05) is 0 Å². The van der Waals surface area contributed by atoms with E-state index in [-0.39, 0.29) is 35.3 Å². The summed E-state index contributed by atoms with van der Waals surface area (Å²) in [5.41, 5.74) is 0.272. The lowest BCUT2D eigenvalue weighted by Crippen LogP contribution is -2.27. The molecule has 33 heavy (non-hydrogen) atoms. The van der Waals surface area contributed by atoms with E-state index >= 15 is 0 Å². The number of rotatable bonds is 7. The fourth-order valence-corrected chi connectivity index (χ4v) is 5.13. The average Bonchev–Trinajstić information content (AvgIpc) is 3.41. The third kappa shape index (κ3) is 5.61. The van der Waals surface area contributed by atoms with Gasteiger partial charge < -0.3 is 9.15 Å². The Morgan fingerprint density at radius 3 is 2.24 bits per heavy atom. The molecule has 0 bridgehead atoms. The quantitative estimate of drug-likeness (QED) is 0.314. The summed E-state index contributed by atoms with van der Waals surface area (Å²) in [7, 11) is 0. The Morgan fingerprint density at radius 1 is 0.970 bits per heavy atom. The number of nitrogens with zero attached hydrogens (tertiary/aromatic N) is 2. The van der Waals surface area contributed by atoms with E-state index in [9.17, 15) is 28.8 Å². The number of hydrogen-bond donors (Lipinski definition) is 2. The van der Waals surface area contributed by atoms with Crippen LogP contribution in [0.3, 0.4) is 0 Å². The molecule has 1 aromatic heterocycles. The maximum absolute atomic E-state index is 12.3. The number of hydrogen-bond acceptors (Lipinski definition) is 13. The maximum Gasteiger partial charge on any atom is 0.312 e. The minimum Gasteiger partial charge on any atom is -0.426 e. The van der Waals surface area contributed by atoms with E-state index in [0.29, 0.717) is 23.5 Å². The number of imide groups is 2. The first-order valence-corrected chi connectivity index (χ1v) is 11.7. The molecule has 2 aromatic rings. The van der Waals surface area contributed by atoms with E-state index in [4.69, 9.17) is 9.15 Å². The predicted octanol–water partition coefficient (Wildman–Crippen LogP) is 1.74. The van der Waals surface area contributed by atoms with Gasteiger partial charge in [0.05, 0.1) is 12.0 Å². The summed E-state index contributed by atoms with van der Waals surface area (Å²) in [4.78, 5) is 70.1. The second-order valence-corrected chi connectivity index (χ2v) is 9.85. The molecule has 2 aliphatic rings. The number of thioether (sulfide) groups is 3. The van der Waals surface area contributed by atoms with Gasteiger partial charge in [0.25, 0.3) is 21.6 Å². The van der Waals surface area contributed by atoms with Gasteiger partial charge in [0.1, 0.15) is 16.2 Å². The average molecular weight is 509 g/mol. The van der Waals surface area contributed by atoms with E-state index in [0.717, 1.165) is 11.8 Å². The van der Waals surface area contributed by atoms with Crippen molar-refractivity contribution in [3.05, 3.63) is 24.3 Å². The van der Waals surface area contributed by atoms with Crippen molar-refractivity contribution in [2.24, 2.45) is 0 Å². The fourth-order valence-electron chi connectivity index (χ4n) is 2.75. The van der Waals surface area contributed by atoms with Crippen LogP contribution in [-0.2, 0) is 19.2 Å². The van der Waals surface area contributed by atoms with Crippen LogP contribution in [0.15, 0.2) is 33.9 Å². The first kappa shape index (κ1) is 23.0. The van der Waals surface area contributed by atoms with E-state index in [1.807, 2.05) is 0 Å². The lowest BCUT2D eigenvalue weighted by Gasteiger charge is -2.08. The highest BCUT2D eigenvalue weighted by molar-refractivity contribution is 8.16. The number of nitrogens with one attached hydrogen (secondary N) is 2. The third-order valence-corrected chi connectivity index (χ3v) is 6.88. The number of aromatic nitrogens is 2. The fraction of sp³-hybridized carbons (Fsp3) is 0.222. The minimum absolute atomic E-state index is 0.0278. The summed E-state index contributed by atoms with van der Waals surface area (Å²) in [6.07, 6.45) is -0.515. The lowest BCUT2D eigenvalue weighted by molar-refractivity contribution is -0.135. The molecule has 12 nitrogen and oxygen atoms in total. The van der Waals surface area contributed by atoms with Gasteiger partial charge in [-0.25, -0.2) is 0 Å². The van der Waals surface area contributed by atoms with Gasteiger partial charge in [-0.15, -0.1) is 10.2 Å². The van der Waals surface area contributed by atoms with Crippen molar-refractivity contribution in [2.45, 2.75) is 28.6 Å². The van der Waals surface area contributed by atoms with E-state index in [1.54, 1.807) is 18.2 Å². The Labute approximate surface area is 197 Å². The van der Waals surface area contributed by atoms with E-state index in [2.05, 4.69) is 20.8 Å². The highest BCUT2D eigenvalue weighted by Gasteiger charge is 2.35. The normalized spacial score (nSPS) is 20.0. The first-order valence-electron chi connectivity index (χ1n) is 9.15. The standard InChI is InChI=1S/C18H12N4O8S3/c23-11(5-9-13(25)19-16(27)31-9)29-8-4-2-1-3-7(8)15-21-22-18(30-15)33-12(24)6-10-14(26)20-17(28)32-10/h1-4,9-10H,5-6H2,(H,19,25,27)(H,20,26,28)/t9-,10+/m0/s1. The summed E-state index contributed by atoms with van der Waals surface area (Å²) in [6.45, 7) is 0. The molecule has 2 atom stereocenters. The topological polar surface area (TPSA) is 175 Å². The Bertz CT molecular complexity index is 1180. The summed E-state index contributed by atoms with van der Waals surface area (Å²) in [5, 5.41) is 8.58. The van der Waals surface area contributed by atoms with Crippen LogP contribution in [0.2, 0.25) is 0 Å². The molecule has 2 fully saturated rings. The highest BCUT2D eigenvalue weighted by atomic mass is 32.2. The number of ether oxygens (including phenoxy) is 1. The molecular weight excluding hydrogens is 496 g/mol. The van der Waals surface area contributed by atoms with Gasteiger partial charge in [-0.3, -0.25) is 39.4 Å². The molecule has 170 valence electrons. The van der Waals surface area contributed by atoms with Gasteiger partial charge in [-0.1, -0.05) is 35.7 Å². The lowest BCUT2D eigenvalue weighted by atomic mass is 10.2. The number of amides is 4. The zero-order valence-electron chi connectivity index (χ0n) is 16.3.